The van der Waals surface area contributed by atoms with Crippen molar-refractivity contribution in [2.45, 2.75) is 9.79 Å². The number of carbonyl (C=O) groups excluding carboxylic acids is 1. The third-order valence-corrected chi connectivity index (χ3v) is 4.28. The van der Waals surface area contributed by atoms with Crippen molar-refractivity contribution in [2.75, 3.05) is 0 Å². The lowest BCUT2D eigenvalue weighted by atomic mass is 10.2. The van der Waals surface area contributed by atoms with Crippen LogP contribution in [0.3, 0.4) is 0 Å². The summed E-state index contributed by atoms with van der Waals surface area (Å²) in [6.45, 7) is 0. The van der Waals surface area contributed by atoms with Crippen LogP contribution in [-0.2, 0) is 0 Å². The molecule has 0 unspecified atom stereocenters. The van der Waals surface area contributed by atoms with Gasteiger partial charge in [-0.1, -0.05) is 23.9 Å². The molecule has 0 atom stereocenters. The summed E-state index contributed by atoms with van der Waals surface area (Å²) in [4.78, 5) is 12.6. The van der Waals surface area contributed by atoms with Crippen molar-refractivity contribution in [1.82, 2.24) is 0 Å². The highest BCUT2D eigenvalue weighted by atomic mass is 79.9. The fraction of sp³-hybridized carbons (Fsp3) is 0. The average molecular weight is 311 g/mol. The summed E-state index contributed by atoms with van der Waals surface area (Å²) < 4.78 is 13.9. The number of halogens is 2. The van der Waals surface area contributed by atoms with Crippen LogP contribution in [0.25, 0.3) is 0 Å². The molecule has 2 rings (SSSR count). The second-order valence-electron chi connectivity index (χ2n) is 3.33. The van der Waals surface area contributed by atoms with Gasteiger partial charge >= 0.3 is 0 Å². The third kappa shape index (κ3) is 2.96. The predicted octanol–water partition coefficient (Wildman–Crippen LogP) is 4.55. The van der Waals surface area contributed by atoms with E-state index in [0.717, 1.165) is 14.3 Å². The van der Waals surface area contributed by atoms with Crippen molar-refractivity contribution in [3.8, 4) is 0 Å². The quantitative estimate of drug-likeness (QED) is 0.773. The standard InChI is InChI=1S/C13H8BrFOS/c14-11-3-1-2-4-13(11)17-12-6-5-10(15)7-9(12)8-16/h1-8H. The summed E-state index contributed by atoms with van der Waals surface area (Å²) in [5, 5.41) is 0. The molecular weight excluding hydrogens is 303 g/mol. The molecule has 17 heavy (non-hydrogen) atoms. The van der Waals surface area contributed by atoms with Gasteiger partial charge in [0, 0.05) is 19.8 Å². The molecule has 0 N–H and O–H groups in total. The Labute approximate surface area is 111 Å². The van der Waals surface area contributed by atoms with Crippen LogP contribution in [0.5, 0.6) is 0 Å². The second-order valence-corrected chi connectivity index (χ2v) is 5.27. The molecule has 0 amide bonds. The summed E-state index contributed by atoms with van der Waals surface area (Å²) in [7, 11) is 0. The zero-order chi connectivity index (χ0) is 12.3. The highest BCUT2D eigenvalue weighted by Gasteiger charge is 2.07. The second kappa shape index (κ2) is 5.47. The van der Waals surface area contributed by atoms with Gasteiger partial charge < -0.3 is 0 Å². The monoisotopic (exact) mass is 310 g/mol. The Bertz CT molecular complexity index is 557. The average Bonchev–Trinajstić information content (AvgIpc) is 2.34. The molecule has 0 saturated carbocycles. The lowest BCUT2D eigenvalue weighted by molar-refractivity contribution is 0.112. The van der Waals surface area contributed by atoms with Crippen LogP contribution in [0.4, 0.5) is 4.39 Å². The van der Waals surface area contributed by atoms with Crippen LogP contribution in [0.15, 0.2) is 56.7 Å². The van der Waals surface area contributed by atoms with Gasteiger partial charge in [0.25, 0.3) is 0 Å². The van der Waals surface area contributed by atoms with Crippen LogP contribution < -0.4 is 0 Å². The molecule has 0 fully saturated rings. The molecule has 0 saturated heterocycles. The lowest BCUT2D eigenvalue weighted by Gasteiger charge is -2.06. The molecule has 0 aliphatic rings. The van der Waals surface area contributed by atoms with Gasteiger partial charge in [-0.15, -0.1) is 0 Å². The molecule has 0 bridgehead atoms. The van der Waals surface area contributed by atoms with E-state index in [1.807, 2.05) is 24.3 Å². The molecule has 0 radical (unpaired) electrons. The smallest absolute Gasteiger partial charge is 0.151 e. The van der Waals surface area contributed by atoms with Crippen LogP contribution in [0.2, 0.25) is 0 Å². The first-order valence-corrected chi connectivity index (χ1v) is 6.49. The maximum atomic E-state index is 13.0. The fourth-order valence-electron chi connectivity index (χ4n) is 1.35. The predicted molar refractivity (Wildman–Crippen MR) is 70.1 cm³/mol. The summed E-state index contributed by atoms with van der Waals surface area (Å²) in [6, 6.07) is 11.9. The minimum absolute atomic E-state index is 0.366. The molecule has 0 aromatic heterocycles. The van der Waals surface area contributed by atoms with E-state index in [-0.39, 0.29) is 0 Å². The minimum Gasteiger partial charge on any atom is -0.298 e. The van der Waals surface area contributed by atoms with E-state index in [2.05, 4.69) is 15.9 Å². The van der Waals surface area contributed by atoms with Gasteiger partial charge in [0.15, 0.2) is 6.29 Å². The summed E-state index contributed by atoms with van der Waals surface area (Å²) in [6.07, 6.45) is 0.669. The van der Waals surface area contributed by atoms with Crippen molar-refractivity contribution in [3.63, 3.8) is 0 Å². The normalized spacial score (nSPS) is 10.2. The molecule has 1 nitrogen and oxygen atoms in total. The van der Waals surface area contributed by atoms with Crippen molar-refractivity contribution in [2.24, 2.45) is 0 Å². The highest BCUT2D eigenvalue weighted by Crippen LogP contribution is 2.34. The van der Waals surface area contributed by atoms with E-state index in [4.69, 9.17) is 0 Å². The number of rotatable bonds is 3. The molecule has 0 aliphatic carbocycles. The number of benzene rings is 2. The number of aldehydes is 1. The Kier molecular flexibility index (Phi) is 3.97. The van der Waals surface area contributed by atoms with Crippen LogP contribution in [-0.4, -0.2) is 6.29 Å². The molecule has 86 valence electrons. The van der Waals surface area contributed by atoms with Crippen molar-refractivity contribution in [3.05, 3.63) is 58.3 Å². The van der Waals surface area contributed by atoms with Gasteiger partial charge in [0.1, 0.15) is 5.82 Å². The van der Waals surface area contributed by atoms with E-state index in [9.17, 15) is 9.18 Å². The molecule has 2 aromatic carbocycles. The molecule has 0 spiro atoms. The first kappa shape index (κ1) is 12.3. The van der Waals surface area contributed by atoms with Crippen LogP contribution in [0.1, 0.15) is 10.4 Å². The Morgan fingerprint density at radius 3 is 2.59 bits per heavy atom. The third-order valence-electron chi connectivity index (χ3n) is 2.16. The molecule has 2 aromatic rings. The van der Waals surface area contributed by atoms with Gasteiger partial charge in [-0.05, 0) is 46.3 Å². The summed E-state index contributed by atoms with van der Waals surface area (Å²) in [5.41, 5.74) is 0.366. The zero-order valence-electron chi connectivity index (χ0n) is 8.69. The molecule has 4 heteroatoms. The number of hydrogen-bond acceptors (Lipinski definition) is 2. The van der Waals surface area contributed by atoms with E-state index in [1.54, 1.807) is 6.07 Å². The number of hydrogen-bond donors (Lipinski definition) is 0. The van der Waals surface area contributed by atoms with Gasteiger partial charge in [-0.2, -0.15) is 0 Å². The maximum Gasteiger partial charge on any atom is 0.151 e. The highest BCUT2D eigenvalue weighted by molar-refractivity contribution is 9.10. The number of carbonyl (C=O) groups is 1. The largest absolute Gasteiger partial charge is 0.298 e. The van der Waals surface area contributed by atoms with E-state index >= 15 is 0 Å². The Morgan fingerprint density at radius 1 is 1.12 bits per heavy atom. The zero-order valence-corrected chi connectivity index (χ0v) is 11.1. The Hall–Kier alpha value is -1.13. The van der Waals surface area contributed by atoms with Gasteiger partial charge in [-0.3, -0.25) is 4.79 Å². The summed E-state index contributed by atoms with van der Waals surface area (Å²) >= 11 is 4.86. The van der Waals surface area contributed by atoms with Crippen molar-refractivity contribution >= 4 is 34.0 Å². The topological polar surface area (TPSA) is 17.1 Å². The van der Waals surface area contributed by atoms with Crippen molar-refractivity contribution < 1.29 is 9.18 Å². The Morgan fingerprint density at radius 2 is 1.88 bits per heavy atom. The minimum atomic E-state index is -0.399. The van der Waals surface area contributed by atoms with Gasteiger partial charge in [-0.25, -0.2) is 4.39 Å². The van der Waals surface area contributed by atoms with E-state index in [1.165, 1.54) is 23.9 Å². The lowest BCUT2D eigenvalue weighted by Crippen LogP contribution is -1.87. The molecule has 0 aliphatic heterocycles. The van der Waals surface area contributed by atoms with Crippen molar-refractivity contribution in [1.29, 1.82) is 0 Å². The first-order valence-electron chi connectivity index (χ1n) is 4.88. The van der Waals surface area contributed by atoms with E-state index < -0.39 is 5.82 Å². The van der Waals surface area contributed by atoms with E-state index in [0.29, 0.717) is 11.8 Å². The SMILES string of the molecule is O=Cc1cc(F)ccc1Sc1ccccc1Br. The fourth-order valence-corrected chi connectivity index (χ4v) is 2.79. The van der Waals surface area contributed by atoms with Crippen LogP contribution in [0, 0.1) is 5.82 Å². The van der Waals surface area contributed by atoms with Crippen LogP contribution >= 0.6 is 27.7 Å². The molecule has 0 heterocycles. The Balaban J connectivity index is 2.36. The van der Waals surface area contributed by atoms with Gasteiger partial charge in [0.05, 0.1) is 0 Å². The molecular formula is C13H8BrFOS. The maximum absolute atomic E-state index is 13.0. The van der Waals surface area contributed by atoms with Gasteiger partial charge in [0.2, 0.25) is 0 Å². The summed E-state index contributed by atoms with van der Waals surface area (Å²) in [5.74, 6) is -0.399. The first-order chi connectivity index (χ1) is 8.20.